The van der Waals surface area contributed by atoms with Gasteiger partial charge in [-0.25, -0.2) is 4.98 Å². The summed E-state index contributed by atoms with van der Waals surface area (Å²) in [5.41, 5.74) is 1.63. The standard InChI is InChI=1S/C8H11N3O2S/c1-5-6(2)10-11-8(9-5)14-4-3-7(12)13/h3-4H2,1-2H3,(H,12,13). The Labute approximate surface area is 86.0 Å². The third kappa shape index (κ3) is 3.29. The summed E-state index contributed by atoms with van der Waals surface area (Å²) in [6.07, 6.45) is 0.112. The van der Waals surface area contributed by atoms with Gasteiger partial charge in [0.15, 0.2) is 0 Å². The molecule has 1 N–H and O–H groups in total. The van der Waals surface area contributed by atoms with Crippen molar-refractivity contribution >= 4 is 17.7 Å². The fourth-order valence-electron chi connectivity index (χ4n) is 0.728. The first kappa shape index (κ1) is 10.9. The van der Waals surface area contributed by atoms with Gasteiger partial charge >= 0.3 is 5.97 Å². The predicted octanol–water partition coefficient (Wildman–Crippen LogP) is 1.06. The summed E-state index contributed by atoms with van der Waals surface area (Å²) in [6.45, 7) is 3.69. The molecular weight excluding hydrogens is 202 g/mol. The first-order valence-corrected chi connectivity index (χ1v) is 5.10. The number of rotatable bonds is 4. The number of carboxylic acid groups (broad SMARTS) is 1. The molecule has 0 atom stereocenters. The number of thioether (sulfide) groups is 1. The Morgan fingerprint density at radius 3 is 2.64 bits per heavy atom. The van der Waals surface area contributed by atoms with E-state index in [4.69, 9.17) is 5.11 Å². The molecule has 1 heterocycles. The molecule has 0 aromatic carbocycles. The summed E-state index contributed by atoms with van der Waals surface area (Å²) in [7, 11) is 0. The smallest absolute Gasteiger partial charge is 0.304 e. The molecule has 1 aromatic heterocycles. The van der Waals surface area contributed by atoms with Gasteiger partial charge in [0.25, 0.3) is 0 Å². The van der Waals surface area contributed by atoms with Crippen molar-refractivity contribution in [3.8, 4) is 0 Å². The van der Waals surface area contributed by atoms with Crippen LogP contribution in [0, 0.1) is 13.8 Å². The summed E-state index contributed by atoms with van der Waals surface area (Å²) < 4.78 is 0. The molecule has 5 nitrogen and oxygen atoms in total. The van der Waals surface area contributed by atoms with Gasteiger partial charge < -0.3 is 5.11 Å². The Kier molecular flexibility index (Phi) is 3.82. The van der Waals surface area contributed by atoms with Crippen molar-refractivity contribution < 1.29 is 9.90 Å². The van der Waals surface area contributed by atoms with Crippen LogP contribution in [0.4, 0.5) is 0 Å². The first-order chi connectivity index (χ1) is 6.59. The average molecular weight is 213 g/mol. The highest BCUT2D eigenvalue weighted by Crippen LogP contribution is 2.13. The van der Waals surface area contributed by atoms with Gasteiger partial charge in [-0.15, -0.1) is 5.10 Å². The molecule has 0 bridgehead atoms. The van der Waals surface area contributed by atoms with E-state index in [0.29, 0.717) is 10.9 Å². The summed E-state index contributed by atoms with van der Waals surface area (Å²) in [5.74, 6) is -0.339. The van der Waals surface area contributed by atoms with Crippen molar-refractivity contribution in [3.05, 3.63) is 11.4 Å². The van der Waals surface area contributed by atoms with E-state index in [0.717, 1.165) is 11.4 Å². The number of aliphatic carboxylic acids is 1. The van der Waals surface area contributed by atoms with Crippen LogP contribution in [0.2, 0.25) is 0 Å². The minimum Gasteiger partial charge on any atom is -0.481 e. The highest BCUT2D eigenvalue weighted by molar-refractivity contribution is 7.99. The Hall–Kier alpha value is -1.17. The van der Waals surface area contributed by atoms with Crippen LogP contribution in [-0.2, 0) is 4.79 Å². The third-order valence-corrected chi connectivity index (χ3v) is 2.46. The minimum absolute atomic E-state index is 0.112. The lowest BCUT2D eigenvalue weighted by Gasteiger charge is -2.00. The van der Waals surface area contributed by atoms with Crippen LogP contribution in [0.1, 0.15) is 17.8 Å². The van der Waals surface area contributed by atoms with Crippen molar-refractivity contribution in [2.45, 2.75) is 25.4 Å². The van der Waals surface area contributed by atoms with Gasteiger partial charge in [0.2, 0.25) is 5.16 Å². The second kappa shape index (κ2) is 4.90. The van der Waals surface area contributed by atoms with Gasteiger partial charge in [-0.05, 0) is 13.8 Å². The van der Waals surface area contributed by atoms with Crippen LogP contribution in [-0.4, -0.2) is 32.0 Å². The zero-order chi connectivity index (χ0) is 10.6. The Balaban J connectivity index is 2.51. The number of nitrogens with zero attached hydrogens (tertiary/aromatic N) is 3. The molecule has 0 radical (unpaired) electrons. The van der Waals surface area contributed by atoms with Gasteiger partial charge in [-0.2, -0.15) is 5.10 Å². The molecule has 0 spiro atoms. The van der Waals surface area contributed by atoms with E-state index in [9.17, 15) is 4.79 Å². The monoisotopic (exact) mass is 213 g/mol. The van der Waals surface area contributed by atoms with Crippen LogP contribution in [0.5, 0.6) is 0 Å². The molecule has 14 heavy (non-hydrogen) atoms. The first-order valence-electron chi connectivity index (χ1n) is 4.12. The van der Waals surface area contributed by atoms with Crippen LogP contribution >= 0.6 is 11.8 Å². The number of carbonyl (C=O) groups is 1. The molecule has 0 aliphatic carbocycles. The Morgan fingerprint density at radius 2 is 2.07 bits per heavy atom. The van der Waals surface area contributed by atoms with Gasteiger partial charge in [0.1, 0.15) is 0 Å². The van der Waals surface area contributed by atoms with Crippen LogP contribution in [0.25, 0.3) is 0 Å². The summed E-state index contributed by atoms with van der Waals surface area (Å²) in [6, 6.07) is 0. The molecule has 6 heteroatoms. The molecule has 0 unspecified atom stereocenters. The van der Waals surface area contributed by atoms with E-state index in [1.807, 2.05) is 13.8 Å². The number of hydrogen-bond acceptors (Lipinski definition) is 5. The van der Waals surface area contributed by atoms with E-state index in [-0.39, 0.29) is 6.42 Å². The second-order valence-corrected chi connectivity index (χ2v) is 3.82. The summed E-state index contributed by atoms with van der Waals surface area (Å²) in [5, 5.41) is 16.7. The van der Waals surface area contributed by atoms with E-state index in [1.54, 1.807) is 0 Å². The molecule has 1 rings (SSSR count). The number of carboxylic acids is 1. The van der Waals surface area contributed by atoms with E-state index in [2.05, 4.69) is 15.2 Å². The maximum atomic E-state index is 10.2. The van der Waals surface area contributed by atoms with Gasteiger partial charge in [-0.3, -0.25) is 4.79 Å². The molecule has 1 aromatic rings. The fraction of sp³-hybridized carbons (Fsp3) is 0.500. The molecular formula is C8H11N3O2S. The van der Waals surface area contributed by atoms with E-state index >= 15 is 0 Å². The largest absolute Gasteiger partial charge is 0.481 e. The highest BCUT2D eigenvalue weighted by Gasteiger charge is 2.03. The predicted molar refractivity (Wildman–Crippen MR) is 52.3 cm³/mol. The number of aryl methyl sites for hydroxylation is 2. The zero-order valence-electron chi connectivity index (χ0n) is 8.02. The average Bonchev–Trinajstić information content (AvgIpc) is 2.10. The van der Waals surface area contributed by atoms with Crippen molar-refractivity contribution in [1.82, 2.24) is 15.2 Å². The van der Waals surface area contributed by atoms with Crippen molar-refractivity contribution in [3.63, 3.8) is 0 Å². The van der Waals surface area contributed by atoms with Gasteiger partial charge in [-0.1, -0.05) is 11.8 Å². The lowest BCUT2D eigenvalue weighted by atomic mass is 10.4. The van der Waals surface area contributed by atoms with Crippen molar-refractivity contribution in [2.75, 3.05) is 5.75 Å². The third-order valence-electron chi connectivity index (χ3n) is 1.62. The Bertz CT molecular complexity index is 343. The highest BCUT2D eigenvalue weighted by atomic mass is 32.2. The number of aromatic nitrogens is 3. The fourth-order valence-corrected chi connectivity index (χ4v) is 1.49. The molecule has 76 valence electrons. The summed E-state index contributed by atoms with van der Waals surface area (Å²) >= 11 is 1.31. The van der Waals surface area contributed by atoms with Gasteiger partial charge in [0.05, 0.1) is 17.8 Å². The second-order valence-electron chi connectivity index (χ2n) is 2.76. The molecule has 0 aliphatic heterocycles. The SMILES string of the molecule is Cc1nnc(SCCC(=O)O)nc1C. The molecule has 0 amide bonds. The molecule has 0 fully saturated rings. The van der Waals surface area contributed by atoms with Crippen LogP contribution in [0.3, 0.4) is 0 Å². The zero-order valence-corrected chi connectivity index (χ0v) is 8.84. The minimum atomic E-state index is -0.811. The topological polar surface area (TPSA) is 76.0 Å². The van der Waals surface area contributed by atoms with Gasteiger partial charge in [0, 0.05) is 5.75 Å². The van der Waals surface area contributed by atoms with Crippen LogP contribution < -0.4 is 0 Å². The molecule has 0 saturated heterocycles. The Morgan fingerprint density at radius 1 is 1.36 bits per heavy atom. The van der Waals surface area contributed by atoms with E-state index < -0.39 is 5.97 Å². The molecule has 0 saturated carbocycles. The normalized spacial score (nSPS) is 10.1. The van der Waals surface area contributed by atoms with Crippen molar-refractivity contribution in [2.24, 2.45) is 0 Å². The van der Waals surface area contributed by atoms with E-state index in [1.165, 1.54) is 11.8 Å². The lowest BCUT2D eigenvalue weighted by molar-refractivity contribution is -0.136. The molecule has 0 aliphatic rings. The lowest BCUT2D eigenvalue weighted by Crippen LogP contribution is -2.00. The quantitative estimate of drug-likeness (QED) is 0.753. The number of hydrogen-bond donors (Lipinski definition) is 1. The van der Waals surface area contributed by atoms with Crippen molar-refractivity contribution in [1.29, 1.82) is 0 Å². The maximum Gasteiger partial charge on any atom is 0.304 e. The maximum absolute atomic E-state index is 10.2. The summed E-state index contributed by atoms with van der Waals surface area (Å²) in [4.78, 5) is 14.4. The van der Waals surface area contributed by atoms with Crippen LogP contribution in [0.15, 0.2) is 5.16 Å².